The lowest BCUT2D eigenvalue weighted by Crippen LogP contribution is -2.59. The maximum atomic E-state index is 5.97. The molecule has 1 aliphatic heterocycles. The summed E-state index contributed by atoms with van der Waals surface area (Å²) in [6, 6.07) is 2.45. The summed E-state index contributed by atoms with van der Waals surface area (Å²) in [5, 5.41) is 0. The van der Waals surface area contributed by atoms with Crippen LogP contribution in [-0.4, -0.2) is 56.3 Å². The van der Waals surface area contributed by atoms with Crippen LogP contribution in [0.2, 0.25) is 0 Å². The van der Waals surface area contributed by atoms with Crippen LogP contribution in [0.1, 0.15) is 0 Å². The lowest BCUT2D eigenvalue weighted by atomic mass is 10.1. The number of hydrogen-bond donors (Lipinski definition) is 1. The van der Waals surface area contributed by atoms with Crippen LogP contribution in [0.15, 0.2) is 16.7 Å². The largest absolute Gasteiger partial charge is 0.396 e. The Balaban J connectivity index is 1.88. The molecule has 100 valence electrons. The molecule has 2 N–H and O–H groups in total. The molecule has 6 heteroatoms. The highest BCUT2D eigenvalue weighted by Gasteiger charge is 2.31. The molecule has 18 heavy (non-hydrogen) atoms. The first-order valence-electron chi connectivity index (χ1n) is 5.97. The average molecular weight is 315 g/mol. The van der Waals surface area contributed by atoms with Gasteiger partial charge in [-0.05, 0) is 29.0 Å². The van der Waals surface area contributed by atoms with Crippen molar-refractivity contribution in [2.75, 3.05) is 51.0 Å². The lowest BCUT2D eigenvalue weighted by molar-refractivity contribution is 0.127. The lowest BCUT2D eigenvalue weighted by Gasteiger charge is -2.45. The normalized spacial score (nSPS) is 16.1. The van der Waals surface area contributed by atoms with Crippen LogP contribution in [0.4, 0.5) is 11.5 Å². The summed E-state index contributed by atoms with van der Waals surface area (Å²) in [4.78, 5) is 8.89. The highest BCUT2D eigenvalue weighted by Crippen LogP contribution is 2.28. The standard InChI is InChI=1S/C12H19BrN4O/c1-16(3-4-18-2)10-7-17(8-10)12-11(14)5-9(13)6-15-12/h5-6,10H,3-4,7-8,14H2,1-2H3. The van der Waals surface area contributed by atoms with Crippen molar-refractivity contribution in [3.05, 3.63) is 16.7 Å². The van der Waals surface area contributed by atoms with Crippen LogP contribution in [0.3, 0.4) is 0 Å². The fourth-order valence-corrected chi connectivity index (χ4v) is 2.39. The van der Waals surface area contributed by atoms with Gasteiger partial charge in [0.15, 0.2) is 5.82 Å². The van der Waals surface area contributed by atoms with Crippen LogP contribution in [0, 0.1) is 0 Å². The molecule has 0 bridgehead atoms. The molecular formula is C12H19BrN4O. The second-order valence-electron chi connectivity index (χ2n) is 4.60. The molecule has 1 aliphatic rings. The molecule has 0 aliphatic carbocycles. The zero-order chi connectivity index (χ0) is 13.1. The second kappa shape index (κ2) is 5.86. The number of pyridine rings is 1. The monoisotopic (exact) mass is 314 g/mol. The number of methoxy groups -OCH3 is 1. The number of aromatic nitrogens is 1. The van der Waals surface area contributed by atoms with E-state index in [9.17, 15) is 0 Å². The number of nitrogens with zero attached hydrogens (tertiary/aromatic N) is 3. The van der Waals surface area contributed by atoms with Gasteiger partial charge in [0.05, 0.1) is 12.3 Å². The molecule has 2 heterocycles. The Labute approximate surface area is 116 Å². The number of anilines is 2. The number of nitrogens with two attached hydrogens (primary N) is 1. The van der Waals surface area contributed by atoms with Crippen LogP contribution in [0.5, 0.6) is 0 Å². The Morgan fingerprint density at radius 3 is 2.94 bits per heavy atom. The van der Waals surface area contributed by atoms with Crippen molar-refractivity contribution in [3.63, 3.8) is 0 Å². The van der Waals surface area contributed by atoms with E-state index in [1.807, 2.05) is 6.07 Å². The third-order valence-corrected chi connectivity index (χ3v) is 3.73. The van der Waals surface area contributed by atoms with E-state index in [2.05, 4.69) is 37.8 Å². The summed E-state index contributed by atoms with van der Waals surface area (Å²) in [5.41, 5.74) is 6.69. The number of ether oxygens (including phenoxy) is 1. The molecule has 2 rings (SSSR count). The molecule has 0 spiro atoms. The van der Waals surface area contributed by atoms with E-state index in [1.165, 1.54) is 0 Å². The molecule has 0 unspecified atom stereocenters. The molecule has 0 aromatic carbocycles. The van der Waals surface area contributed by atoms with E-state index in [0.717, 1.165) is 42.2 Å². The van der Waals surface area contributed by atoms with Gasteiger partial charge in [-0.2, -0.15) is 0 Å². The van der Waals surface area contributed by atoms with E-state index in [1.54, 1.807) is 13.3 Å². The van der Waals surface area contributed by atoms with Gasteiger partial charge in [0.25, 0.3) is 0 Å². The molecule has 1 fully saturated rings. The first-order chi connectivity index (χ1) is 8.61. The third kappa shape index (κ3) is 2.93. The van der Waals surface area contributed by atoms with Crippen LogP contribution >= 0.6 is 15.9 Å². The van der Waals surface area contributed by atoms with Crippen molar-refractivity contribution in [1.29, 1.82) is 0 Å². The van der Waals surface area contributed by atoms with Gasteiger partial charge in [-0.25, -0.2) is 4.98 Å². The zero-order valence-corrected chi connectivity index (χ0v) is 12.4. The van der Waals surface area contributed by atoms with Gasteiger partial charge >= 0.3 is 0 Å². The second-order valence-corrected chi connectivity index (χ2v) is 5.51. The maximum absolute atomic E-state index is 5.97. The zero-order valence-electron chi connectivity index (χ0n) is 10.8. The fraction of sp³-hybridized carbons (Fsp3) is 0.583. The number of rotatable bonds is 5. The Hall–Kier alpha value is -0.850. The van der Waals surface area contributed by atoms with E-state index in [-0.39, 0.29) is 0 Å². The number of likely N-dealkylation sites (N-methyl/N-ethyl adjacent to an activating group) is 1. The topological polar surface area (TPSA) is 54.6 Å². The van der Waals surface area contributed by atoms with Gasteiger partial charge in [0.2, 0.25) is 0 Å². The molecule has 0 radical (unpaired) electrons. The Morgan fingerprint density at radius 1 is 1.61 bits per heavy atom. The SMILES string of the molecule is COCCN(C)C1CN(c2ncc(Br)cc2N)C1. The van der Waals surface area contributed by atoms with Gasteiger partial charge in [0, 0.05) is 43.5 Å². The van der Waals surface area contributed by atoms with Crippen LogP contribution in [-0.2, 0) is 4.74 Å². The summed E-state index contributed by atoms with van der Waals surface area (Å²) in [5.74, 6) is 0.884. The van der Waals surface area contributed by atoms with Crippen molar-refractivity contribution < 1.29 is 4.74 Å². The highest BCUT2D eigenvalue weighted by molar-refractivity contribution is 9.10. The maximum Gasteiger partial charge on any atom is 0.151 e. The summed E-state index contributed by atoms with van der Waals surface area (Å²) >= 11 is 3.37. The summed E-state index contributed by atoms with van der Waals surface area (Å²) in [6.07, 6.45) is 1.79. The highest BCUT2D eigenvalue weighted by atomic mass is 79.9. The summed E-state index contributed by atoms with van der Waals surface area (Å²) in [7, 11) is 3.85. The van der Waals surface area contributed by atoms with Crippen molar-refractivity contribution in [1.82, 2.24) is 9.88 Å². The molecule has 0 atom stereocenters. The molecule has 0 saturated carbocycles. The predicted molar refractivity (Wildman–Crippen MR) is 76.9 cm³/mol. The summed E-state index contributed by atoms with van der Waals surface area (Å²) < 4.78 is 6.00. The van der Waals surface area contributed by atoms with Crippen molar-refractivity contribution in [2.24, 2.45) is 0 Å². The van der Waals surface area contributed by atoms with Crippen LogP contribution in [0.25, 0.3) is 0 Å². The number of hydrogen-bond acceptors (Lipinski definition) is 5. The summed E-state index contributed by atoms with van der Waals surface area (Å²) in [6.45, 7) is 3.67. The van der Waals surface area contributed by atoms with Gasteiger partial charge in [-0.15, -0.1) is 0 Å². The molecule has 1 saturated heterocycles. The van der Waals surface area contributed by atoms with E-state index in [4.69, 9.17) is 10.5 Å². The van der Waals surface area contributed by atoms with E-state index >= 15 is 0 Å². The van der Waals surface area contributed by atoms with Gasteiger partial charge in [0.1, 0.15) is 0 Å². The fourth-order valence-electron chi connectivity index (χ4n) is 2.04. The number of nitrogen functional groups attached to an aromatic ring is 1. The smallest absolute Gasteiger partial charge is 0.151 e. The van der Waals surface area contributed by atoms with E-state index in [0.29, 0.717) is 6.04 Å². The van der Waals surface area contributed by atoms with Gasteiger partial charge < -0.3 is 15.4 Å². The average Bonchev–Trinajstić information content (AvgIpc) is 2.27. The minimum atomic E-state index is 0.560. The predicted octanol–water partition coefficient (Wildman–Crippen LogP) is 1.19. The van der Waals surface area contributed by atoms with Crippen molar-refractivity contribution >= 4 is 27.4 Å². The van der Waals surface area contributed by atoms with Crippen LogP contribution < -0.4 is 10.6 Å². The quantitative estimate of drug-likeness (QED) is 0.885. The third-order valence-electron chi connectivity index (χ3n) is 3.30. The van der Waals surface area contributed by atoms with E-state index < -0.39 is 0 Å². The van der Waals surface area contributed by atoms with Gasteiger partial charge in [-0.1, -0.05) is 0 Å². The Bertz CT molecular complexity index is 409. The molecule has 1 aromatic heterocycles. The van der Waals surface area contributed by atoms with Gasteiger partial charge in [-0.3, -0.25) is 4.90 Å². The first-order valence-corrected chi connectivity index (χ1v) is 6.76. The molecule has 5 nitrogen and oxygen atoms in total. The molecule has 0 amide bonds. The minimum Gasteiger partial charge on any atom is -0.396 e. The van der Waals surface area contributed by atoms with Crippen molar-refractivity contribution in [2.45, 2.75) is 6.04 Å². The van der Waals surface area contributed by atoms with Crippen molar-refractivity contribution in [3.8, 4) is 0 Å². The molecule has 1 aromatic rings. The minimum absolute atomic E-state index is 0.560. The Kier molecular flexibility index (Phi) is 4.42. The first kappa shape index (κ1) is 13.6. The Morgan fingerprint density at radius 2 is 2.33 bits per heavy atom. The number of halogens is 1. The molecular weight excluding hydrogens is 296 g/mol.